The summed E-state index contributed by atoms with van der Waals surface area (Å²) in [7, 11) is 1.25. The Bertz CT molecular complexity index is 989. The Morgan fingerprint density at radius 2 is 1.04 bits per heavy atom. The summed E-state index contributed by atoms with van der Waals surface area (Å²) in [5, 5.41) is 0. The van der Waals surface area contributed by atoms with Gasteiger partial charge in [-0.15, -0.1) is 0 Å². The molecule has 0 aromatic rings. The van der Waals surface area contributed by atoms with Crippen molar-refractivity contribution in [2.75, 3.05) is 47.5 Å². The summed E-state index contributed by atoms with van der Waals surface area (Å²) in [4.78, 5) is 24.8. The van der Waals surface area contributed by atoms with E-state index in [4.69, 9.17) is 18.5 Å². The number of nitrogens with zero attached hydrogens (tertiary/aromatic N) is 1. The molecule has 0 aliphatic carbocycles. The van der Waals surface area contributed by atoms with Gasteiger partial charge in [0.1, 0.15) is 19.8 Å². The fourth-order valence-corrected chi connectivity index (χ4v) is 6.46. The maximum atomic E-state index is 12.5. The Morgan fingerprint density at radius 3 is 1.49 bits per heavy atom. The zero-order valence-electron chi connectivity index (χ0n) is 35.0. The van der Waals surface area contributed by atoms with Crippen molar-refractivity contribution in [3.05, 3.63) is 48.8 Å². The summed E-state index contributed by atoms with van der Waals surface area (Å²) in [5.74, 6) is -0.598. The van der Waals surface area contributed by atoms with Gasteiger partial charge < -0.3 is 27.9 Å². The summed E-state index contributed by atoms with van der Waals surface area (Å²) in [6.45, 7) is 4.55. The van der Waals surface area contributed by atoms with Crippen LogP contribution in [0.1, 0.15) is 174 Å². The molecule has 0 N–H and O–H groups in total. The van der Waals surface area contributed by atoms with Crippen molar-refractivity contribution in [1.29, 1.82) is 0 Å². The zero-order valence-corrected chi connectivity index (χ0v) is 35.8. The first-order chi connectivity index (χ1) is 25.6. The van der Waals surface area contributed by atoms with Gasteiger partial charge in [0, 0.05) is 6.08 Å². The molecule has 0 aromatic carbocycles. The molecule has 2 atom stereocenters. The lowest BCUT2D eigenvalue weighted by Gasteiger charge is -2.28. The SMILES string of the molecule is CCCCCCCCCCCCCC=CC=CC(=O)O[C@H](COC=CC=CCCCCCCCCCCCCCC)COP(=O)([O-])OCC[N+](C)(C)C. The van der Waals surface area contributed by atoms with Gasteiger partial charge in [0.15, 0.2) is 6.10 Å². The zero-order chi connectivity index (χ0) is 39.1. The first kappa shape index (κ1) is 51.3. The highest BCUT2D eigenvalue weighted by Crippen LogP contribution is 2.38. The number of phosphoric acid groups is 1. The lowest BCUT2D eigenvalue weighted by Crippen LogP contribution is -2.37. The molecule has 0 bridgehead atoms. The van der Waals surface area contributed by atoms with Crippen LogP contribution in [0.5, 0.6) is 0 Å². The van der Waals surface area contributed by atoms with E-state index in [9.17, 15) is 14.3 Å². The summed E-state index contributed by atoms with van der Waals surface area (Å²) in [6.07, 6.45) is 45.8. The molecule has 0 fully saturated rings. The van der Waals surface area contributed by atoms with Crippen molar-refractivity contribution in [3.8, 4) is 0 Å². The van der Waals surface area contributed by atoms with Gasteiger partial charge in [0.25, 0.3) is 7.82 Å². The van der Waals surface area contributed by atoms with Gasteiger partial charge in [-0.2, -0.15) is 0 Å². The largest absolute Gasteiger partial charge is 0.756 e. The van der Waals surface area contributed by atoms with Crippen LogP contribution >= 0.6 is 7.82 Å². The number of rotatable bonds is 39. The Kier molecular flexibility index (Phi) is 36.0. The third-order valence-electron chi connectivity index (χ3n) is 9.10. The molecule has 8 nitrogen and oxygen atoms in total. The maximum absolute atomic E-state index is 12.5. The molecule has 0 rings (SSSR count). The van der Waals surface area contributed by atoms with E-state index in [2.05, 4.69) is 26.0 Å². The van der Waals surface area contributed by atoms with E-state index in [0.29, 0.717) is 11.0 Å². The molecule has 9 heteroatoms. The van der Waals surface area contributed by atoms with Crippen molar-refractivity contribution in [1.82, 2.24) is 0 Å². The summed E-state index contributed by atoms with van der Waals surface area (Å²) < 4.78 is 34.0. The number of likely N-dealkylation sites (N-methyl/N-ethyl adjacent to an activating group) is 1. The van der Waals surface area contributed by atoms with Gasteiger partial charge in [-0.3, -0.25) is 4.57 Å². The number of hydrogen-bond acceptors (Lipinski definition) is 7. The van der Waals surface area contributed by atoms with Crippen molar-refractivity contribution in [3.63, 3.8) is 0 Å². The van der Waals surface area contributed by atoms with E-state index in [1.165, 1.54) is 154 Å². The van der Waals surface area contributed by atoms with E-state index in [0.717, 1.165) is 19.3 Å². The van der Waals surface area contributed by atoms with E-state index < -0.39 is 26.5 Å². The molecule has 0 radical (unpaired) electrons. The quantitative estimate of drug-likeness (QED) is 0.0117. The van der Waals surface area contributed by atoms with Crippen LogP contribution < -0.4 is 4.89 Å². The normalized spacial score (nSPS) is 14.2. The molecule has 1 unspecified atom stereocenters. The van der Waals surface area contributed by atoms with Gasteiger partial charge in [-0.25, -0.2) is 4.79 Å². The molecule has 53 heavy (non-hydrogen) atoms. The number of phosphoric ester groups is 1. The Balaban J connectivity index is 4.46. The second-order valence-electron chi connectivity index (χ2n) is 15.5. The number of carbonyl (C=O) groups is 1. The number of quaternary nitrogens is 1. The number of esters is 1. The number of unbranched alkanes of at least 4 members (excludes halogenated alkanes) is 23. The topological polar surface area (TPSA) is 94.1 Å². The molecule has 0 aliphatic rings. The monoisotopic (exact) mass is 768 g/mol. The predicted molar refractivity (Wildman–Crippen MR) is 222 cm³/mol. The summed E-state index contributed by atoms with van der Waals surface area (Å²) >= 11 is 0. The van der Waals surface area contributed by atoms with Gasteiger partial charge in [0.05, 0.1) is 34.0 Å². The van der Waals surface area contributed by atoms with Crippen LogP contribution in [0.25, 0.3) is 0 Å². The van der Waals surface area contributed by atoms with Crippen molar-refractivity contribution in [2.45, 2.75) is 180 Å². The fourth-order valence-electron chi connectivity index (χ4n) is 5.73. The second-order valence-corrected chi connectivity index (χ2v) is 16.9. The van der Waals surface area contributed by atoms with Crippen LogP contribution in [0.2, 0.25) is 0 Å². The fraction of sp³-hybridized carbons (Fsp3) is 0.795. The van der Waals surface area contributed by atoms with Crippen molar-refractivity contribution < 1.29 is 37.3 Å². The minimum absolute atomic E-state index is 0.00613. The molecular weight excluding hydrogens is 685 g/mol. The molecule has 0 amide bonds. The maximum Gasteiger partial charge on any atom is 0.331 e. The number of carbonyl (C=O) groups excluding carboxylic acids is 1. The second kappa shape index (κ2) is 37.2. The summed E-state index contributed by atoms with van der Waals surface area (Å²) in [5.41, 5.74) is 0. The van der Waals surface area contributed by atoms with Crippen LogP contribution in [0.4, 0.5) is 0 Å². The Hall–Kier alpha value is -1.70. The van der Waals surface area contributed by atoms with Gasteiger partial charge >= 0.3 is 5.97 Å². The van der Waals surface area contributed by atoms with Crippen LogP contribution in [-0.4, -0.2) is 64.1 Å². The molecule has 310 valence electrons. The smallest absolute Gasteiger partial charge is 0.331 e. The highest BCUT2D eigenvalue weighted by atomic mass is 31.2. The Labute approximate surface area is 327 Å². The highest BCUT2D eigenvalue weighted by Gasteiger charge is 2.19. The number of hydrogen-bond donors (Lipinski definition) is 0. The number of ether oxygens (including phenoxy) is 2. The standard InChI is InChI=1S/C44H82NO7P/c1-6-8-10-12-14-16-18-20-22-24-26-28-30-32-34-36-39-49-41-43(42-51-53(47,48)50-40-38-45(3,4)5)52-44(46)37-35-33-31-29-27-25-23-21-19-17-15-13-11-9-7-2/h31-37,39,43H,6-30,38,40-42H2,1-5H3/t43-/m1/s1. The number of allylic oxidation sites excluding steroid dienone is 6. The lowest BCUT2D eigenvalue weighted by molar-refractivity contribution is -0.870. The average Bonchev–Trinajstić information content (AvgIpc) is 3.11. The lowest BCUT2D eigenvalue weighted by atomic mass is 10.0. The summed E-state index contributed by atoms with van der Waals surface area (Å²) in [6, 6.07) is 0. The van der Waals surface area contributed by atoms with Crippen LogP contribution in [0.3, 0.4) is 0 Å². The van der Waals surface area contributed by atoms with Gasteiger partial charge in [-0.05, 0) is 31.8 Å². The van der Waals surface area contributed by atoms with E-state index in [1.54, 1.807) is 12.2 Å². The average molecular weight is 768 g/mol. The predicted octanol–water partition coefficient (Wildman–Crippen LogP) is 12.1. The van der Waals surface area contributed by atoms with E-state index >= 15 is 0 Å². The molecule has 0 aliphatic heterocycles. The van der Waals surface area contributed by atoms with Crippen molar-refractivity contribution >= 4 is 13.8 Å². The first-order valence-electron chi connectivity index (χ1n) is 21.5. The van der Waals surface area contributed by atoms with Gasteiger partial charge in [0.2, 0.25) is 0 Å². The van der Waals surface area contributed by atoms with Crippen molar-refractivity contribution in [2.24, 2.45) is 0 Å². The van der Waals surface area contributed by atoms with E-state index in [1.807, 2.05) is 33.3 Å². The first-order valence-corrected chi connectivity index (χ1v) is 22.9. The molecule has 0 spiro atoms. The minimum atomic E-state index is -4.57. The Morgan fingerprint density at radius 1 is 0.604 bits per heavy atom. The highest BCUT2D eigenvalue weighted by molar-refractivity contribution is 7.45. The molecule has 0 saturated heterocycles. The molecule has 0 heterocycles. The molecule has 0 aromatic heterocycles. The van der Waals surface area contributed by atoms with Crippen LogP contribution in [0, 0.1) is 0 Å². The van der Waals surface area contributed by atoms with Gasteiger partial charge in [-0.1, -0.05) is 179 Å². The third-order valence-corrected chi connectivity index (χ3v) is 10.1. The minimum Gasteiger partial charge on any atom is -0.756 e. The van der Waals surface area contributed by atoms with Crippen LogP contribution in [0.15, 0.2) is 48.8 Å². The van der Waals surface area contributed by atoms with E-state index in [-0.39, 0.29) is 13.2 Å². The van der Waals surface area contributed by atoms with Crippen LogP contribution in [-0.2, 0) is 27.9 Å². The molecular formula is C44H82NO7P. The molecule has 0 saturated carbocycles. The third kappa shape index (κ3) is 41.3.